The molecule has 6 heteroatoms. The van der Waals surface area contributed by atoms with Crippen LogP contribution in [0.25, 0.3) is 0 Å². The van der Waals surface area contributed by atoms with Gasteiger partial charge in [0.15, 0.2) is 0 Å². The third-order valence-electron chi connectivity index (χ3n) is 3.90. The van der Waals surface area contributed by atoms with E-state index in [1.807, 2.05) is 29.2 Å². The second-order valence-electron chi connectivity index (χ2n) is 6.44. The first kappa shape index (κ1) is 21.6. The van der Waals surface area contributed by atoms with Crippen molar-refractivity contribution in [2.75, 3.05) is 26.2 Å². The van der Waals surface area contributed by atoms with Crippen molar-refractivity contribution in [1.29, 1.82) is 0 Å². The van der Waals surface area contributed by atoms with Crippen LogP contribution in [0.1, 0.15) is 37.9 Å². The third-order valence-corrected chi connectivity index (χ3v) is 3.90. The van der Waals surface area contributed by atoms with Gasteiger partial charge in [-0.1, -0.05) is 45.0 Å². The van der Waals surface area contributed by atoms with Gasteiger partial charge < -0.3 is 5.32 Å². The highest BCUT2D eigenvalue weighted by atomic mass is 35.5. The number of hydrogen-bond acceptors (Lipinski definition) is 2. The Morgan fingerprint density at radius 1 is 1.00 bits per heavy atom. The fourth-order valence-corrected chi connectivity index (χ4v) is 2.66. The van der Waals surface area contributed by atoms with Gasteiger partial charge in [0.25, 0.3) is 6.43 Å². The van der Waals surface area contributed by atoms with Crippen molar-refractivity contribution in [3.05, 3.63) is 35.4 Å². The summed E-state index contributed by atoms with van der Waals surface area (Å²) in [5.41, 5.74) is 1.94. The molecule has 0 unspecified atom stereocenters. The molecule has 1 heterocycles. The van der Waals surface area contributed by atoms with Crippen LogP contribution in [0.5, 0.6) is 0 Å². The van der Waals surface area contributed by atoms with E-state index < -0.39 is 12.5 Å². The van der Waals surface area contributed by atoms with E-state index in [4.69, 9.17) is 0 Å². The number of piperazine rings is 1. The monoisotopic (exact) mass is 354 g/mol. The van der Waals surface area contributed by atoms with Gasteiger partial charge in [-0.3, -0.25) is 4.90 Å². The molecular weight excluding hydrogens is 329 g/mol. The Balaban J connectivity index is 0.00000220. The molecule has 0 bridgehead atoms. The molecule has 1 atom stereocenters. The van der Waals surface area contributed by atoms with Gasteiger partial charge in [0.2, 0.25) is 0 Å². The molecule has 0 spiro atoms. The molecule has 1 aromatic carbocycles. The first-order valence-electron chi connectivity index (χ1n) is 7.23. The van der Waals surface area contributed by atoms with Gasteiger partial charge in [0.1, 0.15) is 0 Å². The number of halogens is 4. The summed E-state index contributed by atoms with van der Waals surface area (Å²) in [5, 5.41) is 3.20. The number of alkyl halides is 2. The van der Waals surface area contributed by atoms with Crippen LogP contribution in [-0.4, -0.2) is 37.5 Å². The molecule has 22 heavy (non-hydrogen) atoms. The molecule has 128 valence electrons. The number of rotatable bonds is 3. The Morgan fingerprint density at radius 3 is 1.91 bits per heavy atom. The average Bonchev–Trinajstić information content (AvgIpc) is 2.39. The quantitative estimate of drug-likeness (QED) is 0.880. The van der Waals surface area contributed by atoms with Gasteiger partial charge in [0.05, 0.1) is 6.04 Å². The summed E-state index contributed by atoms with van der Waals surface area (Å²) in [6.07, 6.45) is -2.35. The van der Waals surface area contributed by atoms with E-state index in [9.17, 15) is 8.78 Å². The van der Waals surface area contributed by atoms with Crippen LogP contribution in [0.3, 0.4) is 0 Å². The molecule has 0 amide bonds. The van der Waals surface area contributed by atoms with Crippen LogP contribution in [0, 0.1) is 0 Å². The maximum Gasteiger partial charge on any atom is 0.258 e. The Labute approximate surface area is 144 Å². The smallest absolute Gasteiger partial charge is 0.258 e. The summed E-state index contributed by atoms with van der Waals surface area (Å²) >= 11 is 0. The minimum atomic E-state index is -2.35. The summed E-state index contributed by atoms with van der Waals surface area (Å²) in [7, 11) is 0. The van der Waals surface area contributed by atoms with E-state index in [2.05, 4.69) is 26.1 Å². The summed E-state index contributed by atoms with van der Waals surface area (Å²) in [4.78, 5) is 1.88. The van der Waals surface area contributed by atoms with Gasteiger partial charge >= 0.3 is 0 Å². The number of hydrogen-bond donors (Lipinski definition) is 1. The Hall–Kier alpha value is -0.420. The highest BCUT2D eigenvalue weighted by molar-refractivity contribution is 5.85. The van der Waals surface area contributed by atoms with Crippen molar-refractivity contribution in [1.82, 2.24) is 10.2 Å². The van der Waals surface area contributed by atoms with E-state index >= 15 is 0 Å². The molecule has 1 N–H and O–H groups in total. The third kappa shape index (κ3) is 5.34. The fourth-order valence-electron chi connectivity index (χ4n) is 2.66. The van der Waals surface area contributed by atoms with Crippen LogP contribution in [-0.2, 0) is 5.41 Å². The topological polar surface area (TPSA) is 15.3 Å². The van der Waals surface area contributed by atoms with Gasteiger partial charge in [0, 0.05) is 26.2 Å². The molecule has 2 rings (SSSR count). The van der Waals surface area contributed by atoms with Crippen LogP contribution in [0.2, 0.25) is 0 Å². The normalized spacial score (nSPS) is 17.5. The Kier molecular flexibility index (Phi) is 8.85. The predicted octanol–water partition coefficient (Wildman–Crippen LogP) is 4.04. The van der Waals surface area contributed by atoms with Crippen LogP contribution in [0.4, 0.5) is 8.78 Å². The standard InChI is InChI=1S/C16H24F2N2.2ClH/c1-16(2,3)13-6-4-12(5-7-13)14(15(17)18)20-10-8-19-9-11-20;;/h4-7,14-15,19H,8-11H2,1-3H3;2*1H/t14-;;/m1../s1. The van der Waals surface area contributed by atoms with Gasteiger partial charge in [-0.15, -0.1) is 24.8 Å². The molecular formula is C16H26Cl2F2N2. The highest BCUT2D eigenvalue weighted by Crippen LogP contribution is 2.30. The molecule has 0 aliphatic carbocycles. The number of nitrogens with one attached hydrogen (secondary N) is 1. The Morgan fingerprint density at radius 2 is 1.50 bits per heavy atom. The van der Waals surface area contributed by atoms with Gasteiger partial charge in [-0.2, -0.15) is 0 Å². The van der Waals surface area contributed by atoms with Crippen LogP contribution >= 0.6 is 24.8 Å². The molecule has 1 aliphatic heterocycles. The summed E-state index contributed by atoms with van der Waals surface area (Å²) in [6.45, 7) is 9.30. The molecule has 0 aromatic heterocycles. The van der Waals surface area contributed by atoms with Gasteiger partial charge in [-0.25, -0.2) is 8.78 Å². The summed E-state index contributed by atoms with van der Waals surface area (Å²) in [5.74, 6) is 0. The largest absolute Gasteiger partial charge is 0.314 e. The number of benzene rings is 1. The maximum atomic E-state index is 13.4. The first-order valence-corrected chi connectivity index (χ1v) is 7.23. The minimum absolute atomic E-state index is 0. The second-order valence-corrected chi connectivity index (χ2v) is 6.44. The van der Waals surface area contributed by atoms with Crippen LogP contribution in [0.15, 0.2) is 24.3 Å². The molecule has 2 nitrogen and oxygen atoms in total. The van der Waals surface area contributed by atoms with E-state index in [1.54, 1.807) is 0 Å². The molecule has 0 radical (unpaired) electrons. The average molecular weight is 355 g/mol. The molecule has 1 aliphatic rings. The summed E-state index contributed by atoms with van der Waals surface area (Å²) in [6, 6.07) is 6.89. The first-order chi connectivity index (χ1) is 9.39. The highest BCUT2D eigenvalue weighted by Gasteiger charge is 2.30. The maximum absolute atomic E-state index is 13.4. The fraction of sp³-hybridized carbons (Fsp3) is 0.625. The molecule has 1 aromatic rings. The zero-order chi connectivity index (χ0) is 14.8. The zero-order valence-electron chi connectivity index (χ0n) is 13.3. The van der Waals surface area contributed by atoms with E-state index in [-0.39, 0.29) is 30.2 Å². The van der Waals surface area contributed by atoms with Crippen molar-refractivity contribution in [3.8, 4) is 0 Å². The zero-order valence-corrected chi connectivity index (χ0v) is 14.9. The van der Waals surface area contributed by atoms with Crippen molar-refractivity contribution < 1.29 is 8.78 Å². The second kappa shape index (κ2) is 9.02. The lowest BCUT2D eigenvalue weighted by Crippen LogP contribution is -2.46. The molecule has 0 saturated carbocycles. The van der Waals surface area contributed by atoms with E-state index in [1.165, 1.54) is 5.56 Å². The van der Waals surface area contributed by atoms with Crippen molar-refractivity contribution in [2.24, 2.45) is 0 Å². The van der Waals surface area contributed by atoms with Crippen LogP contribution < -0.4 is 5.32 Å². The minimum Gasteiger partial charge on any atom is -0.314 e. The Bertz CT molecular complexity index is 427. The van der Waals surface area contributed by atoms with Crippen molar-refractivity contribution in [2.45, 2.75) is 38.7 Å². The van der Waals surface area contributed by atoms with E-state index in [0.717, 1.165) is 18.7 Å². The number of nitrogens with zero attached hydrogens (tertiary/aromatic N) is 1. The van der Waals surface area contributed by atoms with Crippen molar-refractivity contribution >= 4 is 24.8 Å². The van der Waals surface area contributed by atoms with E-state index in [0.29, 0.717) is 13.1 Å². The lowest BCUT2D eigenvalue weighted by molar-refractivity contribution is 0.0182. The lowest BCUT2D eigenvalue weighted by Gasteiger charge is -2.35. The van der Waals surface area contributed by atoms with Gasteiger partial charge in [-0.05, 0) is 16.5 Å². The molecule has 1 saturated heterocycles. The molecule has 1 fully saturated rings. The lowest BCUT2D eigenvalue weighted by atomic mass is 9.86. The summed E-state index contributed by atoms with van der Waals surface area (Å²) < 4.78 is 26.9. The van der Waals surface area contributed by atoms with Crippen molar-refractivity contribution in [3.63, 3.8) is 0 Å². The SMILES string of the molecule is CC(C)(C)c1ccc([C@H](C(F)F)N2CCNCC2)cc1.Cl.Cl. The predicted molar refractivity (Wildman–Crippen MR) is 92.8 cm³/mol.